The van der Waals surface area contributed by atoms with Crippen molar-refractivity contribution in [2.45, 2.75) is 11.3 Å². The summed E-state index contributed by atoms with van der Waals surface area (Å²) in [4.78, 5) is 4.03. The molecule has 3 rings (SSSR count). The molecule has 2 heteroatoms. The maximum atomic E-state index is 2.53. The highest BCUT2D eigenvalue weighted by Crippen LogP contribution is 2.40. The number of nitrogens with zero attached hydrogens (tertiary/aromatic N) is 1. The van der Waals surface area contributed by atoms with Crippen LogP contribution in [0.2, 0.25) is 0 Å². The van der Waals surface area contributed by atoms with E-state index in [0.717, 1.165) is 0 Å². The van der Waals surface area contributed by atoms with Gasteiger partial charge in [-0.3, -0.25) is 0 Å². The minimum absolute atomic E-state index is 1.24. The Morgan fingerprint density at radius 3 is 3.25 bits per heavy atom. The summed E-state index contributed by atoms with van der Waals surface area (Å²) in [6, 6.07) is 6.71. The van der Waals surface area contributed by atoms with E-state index in [1.807, 2.05) is 11.8 Å². The first-order chi connectivity index (χ1) is 5.95. The van der Waals surface area contributed by atoms with Gasteiger partial charge in [-0.25, -0.2) is 0 Å². The number of hydrogen-bond donors (Lipinski definition) is 0. The molecule has 0 saturated heterocycles. The molecule has 12 heavy (non-hydrogen) atoms. The Hall–Kier alpha value is -0.630. The van der Waals surface area contributed by atoms with Gasteiger partial charge in [-0.1, -0.05) is 12.1 Å². The van der Waals surface area contributed by atoms with Gasteiger partial charge in [-0.05, 0) is 18.1 Å². The molecule has 1 aromatic carbocycles. The Morgan fingerprint density at radius 2 is 2.25 bits per heavy atom. The second kappa shape index (κ2) is 2.43. The van der Waals surface area contributed by atoms with E-state index < -0.39 is 0 Å². The lowest BCUT2D eigenvalue weighted by Gasteiger charge is -2.26. The molecule has 0 N–H and O–H groups in total. The lowest BCUT2D eigenvalue weighted by atomic mass is 10.2. The van der Waals surface area contributed by atoms with E-state index in [4.69, 9.17) is 0 Å². The highest BCUT2D eigenvalue weighted by molar-refractivity contribution is 7.99. The maximum Gasteiger partial charge on any atom is 0.0537 e. The molecule has 0 amide bonds. The molecule has 2 heterocycles. The summed E-state index contributed by atoms with van der Waals surface area (Å²) in [5.74, 6) is 1.26. The van der Waals surface area contributed by atoms with Crippen molar-refractivity contribution in [1.82, 2.24) is 0 Å². The van der Waals surface area contributed by atoms with E-state index in [0.29, 0.717) is 0 Å². The molecule has 0 bridgehead atoms. The molecule has 0 radical (unpaired) electrons. The lowest BCUT2D eigenvalue weighted by Crippen LogP contribution is -2.26. The van der Waals surface area contributed by atoms with Crippen LogP contribution in [0.4, 0.5) is 5.69 Å². The summed E-state index contributed by atoms with van der Waals surface area (Å²) in [7, 11) is 0. The summed E-state index contributed by atoms with van der Waals surface area (Å²) >= 11 is 2.00. The van der Waals surface area contributed by atoms with Gasteiger partial charge in [0, 0.05) is 23.7 Å². The lowest BCUT2D eigenvalue weighted by molar-refractivity contribution is 0.860. The van der Waals surface area contributed by atoms with Crippen molar-refractivity contribution in [1.29, 1.82) is 0 Å². The quantitative estimate of drug-likeness (QED) is 0.597. The molecule has 0 atom stereocenters. The fourth-order valence-corrected chi connectivity index (χ4v) is 3.20. The van der Waals surface area contributed by atoms with Crippen molar-refractivity contribution in [3.8, 4) is 0 Å². The van der Waals surface area contributed by atoms with Gasteiger partial charge in [0.05, 0.1) is 5.69 Å². The van der Waals surface area contributed by atoms with Crippen LogP contribution in [-0.4, -0.2) is 18.8 Å². The zero-order valence-electron chi connectivity index (χ0n) is 6.92. The second-order valence-electron chi connectivity index (χ2n) is 3.35. The highest BCUT2D eigenvalue weighted by atomic mass is 32.2. The molecule has 0 spiro atoms. The summed E-state index contributed by atoms with van der Waals surface area (Å²) in [5, 5.41) is 0. The first-order valence-electron chi connectivity index (χ1n) is 4.45. The van der Waals surface area contributed by atoms with Crippen LogP contribution in [0.3, 0.4) is 0 Å². The Labute approximate surface area is 76.8 Å². The van der Waals surface area contributed by atoms with Crippen molar-refractivity contribution in [2.75, 3.05) is 23.7 Å². The van der Waals surface area contributed by atoms with Crippen LogP contribution in [-0.2, 0) is 6.42 Å². The van der Waals surface area contributed by atoms with Crippen molar-refractivity contribution in [3.05, 3.63) is 23.8 Å². The first-order valence-corrected chi connectivity index (χ1v) is 5.43. The van der Waals surface area contributed by atoms with Crippen LogP contribution in [0.5, 0.6) is 0 Å². The molecule has 0 fully saturated rings. The molecular formula is C10H11NS. The number of para-hydroxylation sites is 1. The van der Waals surface area contributed by atoms with E-state index >= 15 is 0 Å². The number of hydrogen-bond acceptors (Lipinski definition) is 2. The smallest absolute Gasteiger partial charge is 0.0537 e. The monoisotopic (exact) mass is 177 g/mol. The van der Waals surface area contributed by atoms with Gasteiger partial charge >= 0.3 is 0 Å². The molecule has 0 saturated carbocycles. The third kappa shape index (κ3) is 0.816. The Balaban J connectivity index is 2.23. The highest BCUT2D eigenvalue weighted by Gasteiger charge is 2.24. The molecule has 1 aromatic rings. The third-order valence-corrected chi connectivity index (χ3v) is 3.70. The predicted octanol–water partition coefficient (Wildman–Crippen LogP) is 2.15. The van der Waals surface area contributed by atoms with E-state index in [-0.39, 0.29) is 0 Å². The van der Waals surface area contributed by atoms with E-state index in [2.05, 4.69) is 23.1 Å². The minimum Gasteiger partial charge on any atom is -0.369 e. The number of rotatable bonds is 0. The summed E-state index contributed by atoms with van der Waals surface area (Å²) in [6.07, 6.45) is 1.25. The topological polar surface area (TPSA) is 3.24 Å². The molecule has 0 aromatic heterocycles. The fraction of sp³-hybridized carbons (Fsp3) is 0.400. The molecular weight excluding hydrogens is 166 g/mol. The summed E-state index contributed by atoms with van der Waals surface area (Å²) < 4.78 is 0. The van der Waals surface area contributed by atoms with Gasteiger partial charge in [0.25, 0.3) is 0 Å². The number of thioether (sulfide) groups is 1. The van der Waals surface area contributed by atoms with E-state index in [1.54, 1.807) is 5.56 Å². The Morgan fingerprint density at radius 1 is 1.25 bits per heavy atom. The zero-order valence-corrected chi connectivity index (χ0v) is 7.73. The standard InChI is InChI=1S/C10H11NS/c1-2-8-4-5-11-6-7-12-9(3-1)10(8)11/h1-3H,4-7H2. The second-order valence-corrected chi connectivity index (χ2v) is 4.49. The number of benzene rings is 1. The average Bonchev–Trinajstić information content (AvgIpc) is 2.52. The Kier molecular flexibility index (Phi) is 1.38. The van der Waals surface area contributed by atoms with E-state index in [1.165, 1.54) is 35.8 Å². The summed E-state index contributed by atoms with van der Waals surface area (Å²) in [5.41, 5.74) is 3.09. The SMILES string of the molecule is c1cc2c3c(c1)SCCN3CC2. The molecule has 2 aliphatic rings. The average molecular weight is 177 g/mol. The van der Waals surface area contributed by atoms with Gasteiger partial charge in [0.2, 0.25) is 0 Å². The van der Waals surface area contributed by atoms with Crippen LogP contribution < -0.4 is 4.90 Å². The molecule has 62 valence electrons. The van der Waals surface area contributed by atoms with Crippen LogP contribution in [0.25, 0.3) is 0 Å². The molecule has 2 aliphatic heterocycles. The zero-order chi connectivity index (χ0) is 7.97. The van der Waals surface area contributed by atoms with Gasteiger partial charge < -0.3 is 4.90 Å². The largest absolute Gasteiger partial charge is 0.369 e. The van der Waals surface area contributed by atoms with Crippen molar-refractivity contribution in [3.63, 3.8) is 0 Å². The van der Waals surface area contributed by atoms with E-state index in [9.17, 15) is 0 Å². The van der Waals surface area contributed by atoms with Crippen LogP contribution in [0, 0.1) is 0 Å². The fourth-order valence-electron chi connectivity index (χ4n) is 2.10. The molecule has 0 unspecified atom stereocenters. The first kappa shape index (κ1) is 6.84. The van der Waals surface area contributed by atoms with Crippen molar-refractivity contribution in [2.24, 2.45) is 0 Å². The minimum atomic E-state index is 1.24. The third-order valence-electron chi connectivity index (χ3n) is 2.67. The number of anilines is 1. The molecule has 0 aliphatic carbocycles. The van der Waals surface area contributed by atoms with Crippen LogP contribution >= 0.6 is 11.8 Å². The van der Waals surface area contributed by atoms with Crippen molar-refractivity contribution >= 4 is 17.4 Å². The molecule has 1 nitrogen and oxygen atoms in total. The predicted molar refractivity (Wildman–Crippen MR) is 53.1 cm³/mol. The van der Waals surface area contributed by atoms with Crippen molar-refractivity contribution < 1.29 is 0 Å². The Bertz CT molecular complexity index is 322. The maximum absolute atomic E-state index is 2.53. The van der Waals surface area contributed by atoms with Gasteiger partial charge in [0.15, 0.2) is 0 Å². The van der Waals surface area contributed by atoms with Crippen LogP contribution in [0.15, 0.2) is 23.1 Å². The summed E-state index contributed by atoms with van der Waals surface area (Å²) in [6.45, 7) is 2.49. The van der Waals surface area contributed by atoms with Gasteiger partial charge in [-0.2, -0.15) is 0 Å². The van der Waals surface area contributed by atoms with Gasteiger partial charge in [-0.15, -0.1) is 11.8 Å². The van der Waals surface area contributed by atoms with Crippen LogP contribution in [0.1, 0.15) is 5.56 Å². The normalized spacial score (nSPS) is 19.5. The van der Waals surface area contributed by atoms with Gasteiger partial charge in [0.1, 0.15) is 0 Å².